The Hall–Kier alpha value is -2.33. The summed E-state index contributed by atoms with van der Waals surface area (Å²) in [7, 11) is 0. The second kappa shape index (κ2) is 7.50. The smallest absolute Gasteiger partial charge is 0.410 e. The number of fused-ring (bicyclic) bond motifs is 3. The van der Waals surface area contributed by atoms with Crippen LogP contribution in [0.5, 0.6) is 0 Å². The van der Waals surface area contributed by atoms with Gasteiger partial charge in [0.25, 0.3) is 0 Å². The molecule has 3 rings (SSSR count). The zero-order valence-electron chi connectivity index (χ0n) is 15.7. The molecule has 138 valence electrons. The number of benzene rings is 2. The molecular formula is C22H27NO3. The van der Waals surface area contributed by atoms with Crippen molar-refractivity contribution in [3.63, 3.8) is 0 Å². The topological polar surface area (TPSA) is 49.8 Å². The minimum atomic E-state index is -0.349. The van der Waals surface area contributed by atoms with E-state index >= 15 is 0 Å². The van der Waals surface area contributed by atoms with Crippen LogP contribution >= 0.6 is 0 Å². The number of ether oxygens (including phenoxy) is 1. The molecule has 4 heteroatoms. The van der Waals surface area contributed by atoms with E-state index < -0.39 is 0 Å². The third-order valence-corrected chi connectivity index (χ3v) is 4.91. The Kier molecular flexibility index (Phi) is 5.33. The van der Waals surface area contributed by atoms with E-state index in [0.717, 1.165) is 0 Å². The van der Waals surface area contributed by atoms with Crippen molar-refractivity contribution in [2.75, 3.05) is 19.8 Å². The first-order valence-corrected chi connectivity index (χ1v) is 9.17. The highest BCUT2D eigenvalue weighted by molar-refractivity contribution is 5.79. The van der Waals surface area contributed by atoms with Gasteiger partial charge in [0.15, 0.2) is 0 Å². The van der Waals surface area contributed by atoms with Gasteiger partial charge in [-0.1, -0.05) is 48.5 Å². The zero-order valence-corrected chi connectivity index (χ0v) is 15.7. The number of hydrogen-bond acceptors (Lipinski definition) is 3. The van der Waals surface area contributed by atoms with E-state index in [1.165, 1.54) is 22.3 Å². The van der Waals surface area contributed by atoms with Crippen molar-refractivity contribution in [1.82, 2.24) is 4.90 Å². The lowest BCUT2D eigenvalue weighted by Crippen LogP contribution is -2.46. The van der Waals surface area contributed by atoms with Gasteiger partial charge in [-0.3, -0.25) is 0 Å². The Labute approximate surface area is 155 Å². The first kappa shape index (κ1) is 18.5. The molecule has 0 spiro atoms. The van der Waals surface area contributed by atoms with Crippen molar-refractivity contribution in [2.24, 2.45) is 0 Å². The molecule has 0 radical (unpaired) electrons. The molecule has 1 aliphatic rings. The van der Waals surface area contributed by atoms with Crippen molar-refractivity contribution in [1.29, 1.82) is 0 Å². The average molecular weight is 353 g/mol. The Morgan fingerprint density at radius 1 is 1.04 bits per heavy atom. The molecule has 1 aliphatic carbocycles. The molecular weight excluding hydrogens is 326 g/mol. The molecule has 0 saturated heterocycles. The number of carbonyl (C=O) groups is 1. The van der Waals surface area contributed by atoms with Crippen molar-refractivity contribution >= 4 is 6.09 Å². The molecule has 0 bridgehead atoms. The van der Waals surface area contributed by atoms with E-state index in [2.05, 4.69) is 24.3 Å². The normalized spacial score (nSPS) is 13.2. The molecule has 0 saturated carbocycles. The summed E-state index contributed by atoms with van der Waals surface area (Å²) in [6.07, 6.45) is 0.217. The van der Waals surface area contributed by atoms with Crippen LogP contribution in [0.1, 0.15) is 44.2 Å². The summed E-state index contributed by atoms with van der Waals surface area (Å²) in [5.74, 6) is 0.0611. The summed E-state index contributed by atoms with van der Waals surface area (Å²) in [5, 5.41) is 9.10. The number of nitrogens with zero attached hydrogens (tertiary/aromatic N) is 1. The van der Waals surface area contributed by atoms with Gasteiger partial charge in [-0.2, -0.15) is 0 Å². The van der Waals surface area contributed by atoms with Crippen LogP contribution in [0.15, 0.2) is 48.5 Å². The third kappa shape index (κ3) is 3.61. The van der Waals surface area contributed by atoms with Gasteiger partial charge in [0.2, 0.25) is 0 Å². The summed E-state index contributed by atoms with van der Waals surface area (Å²) in [6, 6.07) is 16.6. The molecule has 0 fully saturated rings. The van der Waals surface area contributed by atoms with Gasteiger partial charge in [0.1, 0.15) is 6.61 Å². The summed E-state index contributed by atoms with van der Waals surface area (Å²) in [6.45, 7) is 6.79. The lowest BCUT2D eigenvalue weighted by Gasteiger charge is -2.35. The quantitative estimate of drug-likeness (QED) is 0.866. The number of amides is 1. The number of carbonyl (C=O) groups excluding carboxylic acids is 1. The van der Waals surface area contributed by atoms with Crippen LogP contribution in [0.25, 0.3) is 11.1 Å². The van der Waals surface area contributed by atoms with Gasteiger partial charge in [-0.15, -0.1) is 0 Å². The van der Waals surface area contributed by atoms with Crippen LogP contribution in [-0.4, -0.2) is 41.4 Å². The Bertz CT molecular complexity index is 733. The lowest BCUT2D eigenvalue weighted by molar-refractivity contribution is 0.0627. The third-order valence-electron chi connectivity index (χ3n) is 4.91. The number of hydrogen-bond donors (Lipinski definition) is 1. The SMILES string of the molecule is CC(C)(C)N(CCCO)C(=O)OCC1c2ccccc2-c2ccccc21. The number of aliphatic hydroxyl groups excluding tert-OH is 1. The first-order valence-electron chi connectivity index (χ1n) is 9.17. The predicted molar refractivity (Wildman–Crippen MR) is 103 cm³/mol. The largest absolute Gasteiger partial charge is 0.448 e. The molecule has 0 aliphatic heterocycles. The fourth-order valence-corrected chi connectivity index (χ4v) is 3.60. The van der Waals surface area contributed by atoms with Gasteiger partial charge in [-0.05, 0) is 49.4 Å². The molecule has 2 aromatic rings. The average Bonchev–Trinajstić information content (AvgIpc) is 2.93. The molecule has 26 heavy (non-hydrogen) atoms. The van der Waals surface area contributed by atoms with Crippen LogP contribution in [0.2, 0.25) is 0 Å². The molecule has 1 N–H and O–H groups in total. The lowest BCUT2D eigenvalue weighted by atomic mass is 9.98. The van der Waals surface area contributed by atoms with Crippen LogP contribution in [0, 0.1) is 0 Å². The summed E-state index contributed by atoms with van der Waals surface area (Å²) < 4.78 is 5.73. The van der Waals surface area contributed by atoms with Crippen LogP contribution in [-0.2, 0) is 4.74 Å². The second-order valence-electron chi connectivity index (χ2n) is 7.70. The predicted octanol–water partition coefficient (Wildman–Crippen LogP) is 4.42. The number of rotatable bonds is 5. The van der Waals surface area contributed by atoms with E-state index in [-0.39, 0.29) is 24.2 Å². The molecule has 1 amide bonds. The van der Waals surface area contributed by atoms with E-state index in [1.807, 2.05) is 45.0 Å². The summed E-state index contributed by atoms with van der Waals surface area (Å²) in [4.78, 5) is 14.4. The molecule has 0 aromatic heterocycles. The summed E-state index contributed by atoms with van der Waals surface area (Å²) >= 11 is 0. The minimum Gasteiger partial charge on any atom is -0.448 e. The maximum absolute atomic E-state index is 12.7. The van der Waals surface area contributed by atoms with Crippen molar-refractivity contribution in [3.8, 4) is 11.1 Å². The zero-order chi connectivity index (χ0) is 18.7. The van der Waals surface area contributed by atoms with Crippen LogP contribution in [0.4, 0.5) is 4.79 Å². The van der Waals surface area contributed by atoms with Crippen LogP contribution < -0.4 is 0 Å². The molecule has 0 atom stereocenters. The Balaban J connectivity index is 1.78. The van der Waals surface area contributed by atoms with Gasteiger partial charge in [0.05, 0.1) is 0 Å². The highest BCUT2D eigenvalue weighted by atomic mass is 16.6. The minimum absolute atomic E-state index is 0.0588. The Morgan fingerprint density at radius 3 is 2.08 bits per heavy atom. The first-order chi connectivity index (χ1) is 12.4. The molecule has 4 nitrogen and oxygen atoms in total. The monoisotopic (exact) mass is 353 g/mol. The fraction of sp³-hybridized carbons (Fsp3) is 0.409. The highest BCUT2D eigenvalue weighted by Gasteiger charge is 2.31. The van der Waals surface area contributed by atoms with Crippen LogP contribution in [0.3, 0.4) is 0 Å². The molecule has 0 unspecified atom stereocenters. The van der Waals surface area contributed by atoms with Crippen molar-refractivity contribution in [2.45, 2.75) is 38.6 Å². The van der Waals surface area contributed by atoms with Gasteiger partial charge >= 0.3 is 6.09 Å². The van der Waals surface area contributed by atoms with Gasteiger partial charge in [0, 0.05) is 24.6 Å². The number of aliphatic hydroxyl groups is 1. The van der Waals surface area contributed by atoms with E-state index in [1.54, 1.807) is 4.90 Å². The fourth-order valence-electron chi connectivity index (χ4n) is 3.60. The maximum Gasteiger partial charge on any atom is 0.410 e. The molecule has 2 aromatic carbocycles. The van der Waals surface area contributed by atoms with E-state index in [0.29, 0.717) is 19.6 Å². The van der Waals surface area contributed by atoms with Crippen molar-refractivity contribution < 1.29 is 14.6 Å². The Morgan fingerprint density at radius 2 is 1.58 bits per heavy atom. The van der Waals surface area contributed by atoms with E-state index in [9.17, 15) is 4.79 Å². The molecule has 0 heterocycles. The maximum atomic E-state index is 12.7. The summed E-state index contributed by atoms with van der Waals surface area (Å²) in [5.41, 5.74) is 4.50. The second-order valence-corrected chi connectivity index (χ2v) is 7.70. The van der Waals surface area contributed by atoms with Gasteiger partial charge in [-0.25, -0.2) is 4.79 Å². The van der Waals surface area contributed by atoms with E-state index in [4.69, 9.17) is 9.84 Å². The highest BCUT2D eigenvalue weighted by Crippen LogP contribution is 2.44. The van der Waals surface area contributed by atoms with Crippen molar-refractivity contribution in [3.05, 3.63) is 59.7 Å². The standard InChI is InChI=1S/C22H27NO3/c1-22(2,3)23(13-8-14-24)21(25)26-15-20-18-11-6-4-9-16(18)17-10-5-7-12-19(17)20/h4-7,9-12,20,24H,8,13-15H2,1-3H3. The van der Waals surface area contributed by atoms with Gasteiger partial charge < -0.3 is 14.7 Å².